The second-order valence-electron chi connectivity index (χ2n) is 6.16. The molecule has 1 N–H and O–H groups in total. The first-order chi connectivity index (χ1) is 12.5. The zero-order valence-corrected chi connectivity index (χ0v) is 15.5. The van der Waals surface area contributed by atoms with Crippen LogP contribution in [-0.2, 0) is 16.1 Å². The van der Waals surface area contributed by atoms with E-state index in [4.69, 9.17) is 16.3 Å². The Morgan fingerprint density at radius 1 is 1.35 bits per heavy atom. The summed E-state index contributed by atoms with van der Waals surface area (Å²) in [5.41, 5.74) is 2.08. The van der Waals surface area contributed by atoms with Crippen LogP contribution >= 0.6 is 11.6 Å². The highest BCUT2D eigenvalue weighted by Crippen LogP contribution is 2.24. The molecule has 1 aromatic carbocycles. The molecule has 138 valence electrons. The van der Waals surface area contributed by atoms with Gasteiger partial charge in [0.25, 0.3) is 5.91 Å². The molecular formula is C18H21ClN4O3. The number of likely N-dealkylation sites (N-methyl/N-ethyl adjacent to an activating group) is 1. The molecule has 0 bridgehead atoms. The van der Waals surface area contributed by atoms with Crippen LogP contribution in [0.5, 0.6) is 0 Å². The number of amides is 2. The fraction of sp³-hybridized carbons (Fsp3) is 0.389. The Labute approximate surface area is 156 Å². The summed E-state index contributed by atoms with van der Waals surface area (Å²) in [5.74, 6) is -0.324. The van der Waals surface area contributed by atoms with Crippen LogP contribution in [0.3, 0.4) is 0 Å². The van der Waals surface area contributed by atoms with Gasteiger partial charge in [0.05, 0.1) is 13.2 Å². The molecule has 26 heavy (non-hydrogen) atoms. The van der Waals surface area contributed by atoms with E-state index in [-0.39, 0.29) is 24.5 Å². The van der Waals surface area contributed by atoms with Crippen molar-refractivity contribution in [2.24, 2.45) is 0 Å². The van der Waals surface area contributed by atoms with Gasteiger partial charge in [-0.05, 0) is 30.7 Å². The van der Waals surface area contributed by atoms with Gasteiger partial charge in [0.2, 0.25) is 5.91 Å². The highest BCUT2D eigenvalue weighted by Gasteiger charge is 2.27. The van der Waals surface area contributed by atoms with Gasteiger partial charge in [-0.1, -0.05) is 23.7 Å². The summed E-state index contributed by atoms with van der Waals surface area (Å²) in [5, 5.41) is 7.50. The number of carbonyl (C=O) groups is 2. The smallest absolute Gasteiger partial charge is 0.274 e. The van der Waals surface area contributed by atoms with Crippen LogP contribution in [0.4, 0.5) is 0 Å². The third kappa shape index (κ3) is 4.05. The van der Waals surface area contributed by atoms with Crippen molar-refractivity contribution in [3.05, 3.63) is 52.3 Å². The molecule has 2 amide bonds. The molecule has 8 heteroatoms. The van der Waals surface area contributed by atoms with Crippen molar-refractivity contribution in [3.63, 3.8) is 0 Å². The zero-order valence-electron chi connectivity index (χ0n) is 14.7. The van der Waals surface area contributed by atoms with Gasteiger partial charge in [-0.3, -0.25) is 14.3 Å². The first-order valence-electron chi connectivity index (χ1n) is 8.39. The van der Waals surface area contributed by atoms with Crippen molar-refractivity contribution < 1.29 is 14.3 Å². The lowest BCUT2D eigenvalue weighted by Crippen LogP contribution is -2.42. The van der Waals surface area contributed by atoms with Gasteiger partial charge in [0, 0.05) is 24.3 Å². The molecule has 2 aromatic rings. The van der Waals surface area contributed by atoms with Crippen molar-refractivity contribution in [3.8, 4) is 0 Å². The second kappa shape index (κ2) is 7.88. The summed E-state index contributed by atoms with van der Waals surface area (Å²) in [7, 11) is 1.57. The number of ether oxygens (including phenoxy) is 1. The van der Waals surface area contributed by atoms with Crippen molar-refractivity contribution >= 4 is 23.4 Å². The molecule has 0 aliphatic carbocycles. The zero-order chi connectivity index (χ0) is 18.7. The molecule has 3 rings (SSSR count). The first-order valence-corrected chi connectivity index (χ1v) is 8.77. The van der Waals surface area contributed by atoms with Crippen LogP contribution in [0.1, 0.15) is 27.8 Å². The lowest BCUT2D eigenvalue weighted by atomic mass is 10.1. The van der Waals surface area contributed by atoms with E-state index < -0.39 is 0 Å². The predicted molar refractivity (Wildman–Crippen MR) is 97.1 cm³/mol. The van der Waals surface area contributed by atoms with Gasteiger partial charge >= 0.3 is 0 Å². The maximum Gasteiger partial charge on any atom is 0.274 e. The number of aromatic nitrogens is 2. The molecule has 0 unspecified atom stereocenters. The maximum absolute atomic E-state index is 12.8. The van der Waals surface area contributed by atoms with Crippen LogP contribution in [-0.4, -0.2) is 53.2 Å². The molecule has 1 aliphatic heterocycles. The fourth-order valence-electron chi connectivity index (χ4n) is 2.86. The van der Waals surface area contributed by atoms with Crippen molar-refractivity contribution in [1.29, 1.82) is 0 Å². The molecule has 0 spiro atoms. The summed E-state index contributed by atoms with van der Waals surface area (Å²) in [6, 6.07) is 9.14. The summed E-state index contributed by atoms with van der Waals surface area (Å²) in [6.07, 6.45) is -0.195. The topological polar surface area (TPSA) is 76.5 Å². The third-order valence-electron chi connectivity index (χ3n) is 4.37. The largest absolute Gasteiger partial charge is 0.370 e. The van der Waals surface area contributed by atoms with Gasteiger partial charge in [-0.15, -0.1) is 0 Å². The summed E-state index contributed by atoms with van der Waals surface area (Å²) < 4.78 is 7.33. The predicted octanol–water partition coefficient (Wildman–Crippen LogP) is 1.80. The van der Waals surface area contributed by atoms with Crippen LogP contribution in [0, 0.1) is 6.92 Å². The molecule has 1 atom stereocenters. The normalized spacial score (nSPS) is 17.2. The van der Waals surface area contributed by atoms with Gasteiger partial charge < -0.3 is 15.0 Å². The van der Waals surface area contributed by atoms with Gasteiger partial charge in [0.1, 0.15) is 12.6 Å². The number of nitrogens with one attached hydrogen (secondary N) is 1. The van der Waals surface area contributed by atoms with Gasteiger partial charge in [-0.2, -0.15) is 5.10 Å². The van der Waals surface area contributed by atoms with E-state index in [2.05, 4.69) is 10.4 Å². The number of nitrogens with zero attached hydrogens (tertiary/aromatic N) is 3. The average Bonchev–Trinajstić information content (AvgIpc) is 3.02. The second-order valence-corrected chi connectivity index (χ2v) is 6.60. The number of carbonyl (C=O) groups excluding carboxylic acids is 2. The number of hydrogen-bond acceptors (Lipinski definition) is 4. The number of benzene rings is 1. The molecular weight excluding hydrogens is 356 g/mol. The van der Waals surface area contributed by atoms with Crippen LogP contribution in [0.25, 0.3) is 0 Å². The van der Waals surface area contributed by atoms with Crippen molar-refractivity contribution in [2.75, 3.05) is 26.7 Å². The van der Waals surface area contributed by atoms with E-state index in [1.54, 1.807) is 18.0 Å². The number of rotatable bonds is 4. The molecule has 0 radical (unpaired) electrons. The number of hydrogen-bond donors (Lipinski definition) is 1. The summed E-state index contributed by atoms with van der Waals surface area (Å²) in [6.45, 7) is 3.32. The Kier molecular flexibility index (Phi) is 5.58. The van der Waals surface area contributed by atoms with E-state index in [1.165, 1.54) is 4.68 Å². The fourth-order valence-corrected chi connectivity index (χ4v) is 2.99. The summed E-state index contributed by atoms with van der Waals surface area (Å²) >= 11 is 5.93. The number of aryl methyl sites for hydroxylation is 1. The third-order valence-corrected chi connectivity index (χ3v) is 4.62. The standard InChI is InChI=1S/C18H21ClN4O3/c1-12-9-15(21-23(12)11-17(24)20-2)18(25)22-7-8-26-16(10-22)13-3-5-14(19)6-4-13/h3-6,9,16H,7-8,10-11H2,1-2H3,(H,20,24)/t16-/m1/s1. The Morgan fingerprint density at radius 3 is 2.77 bits per heavy atom. The van der Waals surface area contributed by atoms with E-state index in [0.717, 1.165) is 11.3 Å². The Morgan fingerprint density at radius 2 is 2.08 bits per heavy atom. The van der Waals surface area contributed by atoms with E-state index in [1.807, 2.05) is 31.2 Å². The van der Waals surface area contributed by atoms with Gasteiger partial charge in [-0.25, -0.2) is 0 Å². The minimum atomic E-state index is -0.195. The summed E-state index contributed by atoms with van der Waals surface area (Å²) in [4.78, 5) is 26.1. The minimum absolute atomic E-state index is 0.0894. The molecule has 2 heterocycles. The monoisotopic (exact) mass is 376 g/mol. The Balaban J connectivity index is 1.72. The number of morpholine rings is 1. The molecule has 1 aromatic heterocycles. The van der Waals surface area contributed by atoms with Crippen molar-refractivity contribution in [1.82, 2.24) is 20.0 Å². The van der Waals surface area contributed by atoms with E-state index >= 15 is 0 Å². The SMILES string of the molecule is CNC(=O)Cn1nc(C(=O)N2CCO[C@@H](c3ccc(Cl)cc3)C2)cc1C. The molecule has 1 aliphatic rings. The number of halogens is 1. The lowest BCUT2D eigenvalue weighted by Gasteiger charge is -2.32. The van der Waals surface area contributed by atoms with Crippen LogP contribution in [0.15, 0.2) is 30.3 Å². The van der Waals surface area contributed by atoms with E-state index in [0.29, 0.717) is 30.4 Å². The Bertz CT molecular complexity index is 803. The van der Waals surface area contributed by atoms with Crippen LogP contribution < -0.4 is 5.32 Å². The Hall–Kier alpha value is -2.38. The van der Waals surface area contributed by atoms with Crippen LogP contribution in [0.2, 0.25) is 5.02 Å². The van der Waals surface area contributed by atoms with E-state index in [9.17, 15) is 9.59 Å². The van der Waals surface area contributed by atoms with Crippen molar-refractivity contribution in [2.45, 2.75) is 19.6 Å². The quantitative estimate of drug-likeness (QED) is 0.882. The average molecular weight is 377 g/mol. The molecule has 0 saturated carbocycles. The highest BCUT2D eigenvalue weighted by molar-refractivity contribution is 6.30. The first kappa shape index (κ1) is 18.4. The molecule has 7 nitrogen and oxygen atoms in total. The molecule has 1 fully saturated rings. The maximum atomic E-state index is 12.8. The molecule has 1 saturated heterocycles. The minimum Gasteiger partial charge on any atom is -0.370 e. The van der Waals surface area contributed by atoms with Gasteiger partial charge in [0.15, 0.2) is 5.69 Å². The highest BCUT2D eigenvalue weighted by atomic mass is 35.5. The lowest BCUT2D eigenvalue weighted by molar-refractivity contribution is -0.121.